The molecule has 0 atom stereocenters. The van der Waals surface area contributed by atoms with Gasteiger partial charge in [-0.05, 0) is 45.8 Å². The fraction of sp³-hybridized carbons (Fsp3) is 0.562. The molecule has 1 fully saturated rings. The zero-order chi connectivity index (χ0) is 14.0. The van der Waals surface area contributed by atoms with Gasteiger partial charge < -0.3 is 10.2 Å². The fourth-order valence-electron chi connectivity index (χ4n) is 2.93. The van der Waals surface area contributed by atoms with Crippen molar-refractivity contribution in [3.8, 4) is 0 Å². The largest absolute Gasteiger partial charge is 0.335 e. The number of aliphatic imine (C=N–C) groups is 1. The number of hydrogen-bond donors (Lipinski definition) is 1. The second-order valence-electron chi connectivity index (χ2n) is 6.04. The molecule has 0 aromatic heterocycles. The van der Waals surface area contributed by atoms with Gasteiger partial charge in [0.1, 0.15) is 0 Å². The molecule has 1 N–H and O–H groups in total. The Hall–Kier alpha value is -0.420. The summed E-state index contributed by atoms with van der Waals surface area (Å²) in [4.78, 5) is 7.42. The molecule has 0 unspecified atom stereocenters. The normalized spacial score (nSPS) is 19.3. The van der Waals surface area contributed by atoms with E-state index in [0.29, 0.717) is 0 Å². The Morgan fingerprint density at radius 1 is 1.18 bits per heavy atom. The highest BCUT2D eigenvalue weighted by atomic mass is 35.5. The van der Waals surface area contributed by atoms with Crippen LogP contribution in [0.2, 0.25) is 0 Å². The van der Waals surface area contributed by atoms with Gasteiger partial charge in [0.25, 0.3) is 0 Å². The Morgan fingerprint density at radius 3 is 2.59 bits per heavy atom. The van der Waals surface area contributed by atoms with Crippen LogP contribution in [0.1, 0.15) is 32.3 Å². The summed E-state index contributed by atoms with van der Waals surface area (Å²) in [6.07, 6.45) is 2.73. The molecule has 1 saturated heterocycles. The number of nitrogens with zero attached hydrogens (tertiary/aromatic N) is 2. The number of fused-ring (bicyclic) bond motifs is 1. The van der Waals surface area contributed by atoms with Crippen LogP contribution in [0.5, 0.6) is 0 Å². The number of likely N-dealkylation sites (tertiary alicyclic amines) is 1. The van der Waals surface area contributed by atoms with Gasteiger partial charge in [-0.3, -0.25) is 4.99 Å². The van der Waals surface area contributed by atoms with E-state index in [1.807, 2.05) is 11.8 Å². The van der Waals surface area contributed by atoms with Crippen LogP contribution in [0.15, 0.2) is 29.3 Å². The van der Waals surface area contributed by atoms with Crippen molar-refractivity contribution < 1.29 is 0 Å². The van der Waals surface area contributed by atoms with Gasteiger partial charge >= 0.3 is 0 Å². The first kappa shape index (κ1) is 19.6. The lowest BCUT2D eigenvalue weighted by atomic mass is 9.92. The molecule has 3 rings (SSSR count). The third-order valence-electron chi connectivity index (χ3n) is 4.05. The molecule has 2 heterocycles. The first-order chi connectivity index (χ1) is 9.65. The van der Waals surface area contributed by atoms with Gasteiger partial charge in [-0.25, -0.2) is 0 Å². The zero-order valence-corrected chi connectivity index (χ0v) is 15.6. The van der Waals surface area contributed by atoms with E-state index in [0.717, 1.165) is 10.9 Å². The molecule has 2 aliphatic heterocycles. The van der Waals surface area contributed by atoms with Crippen LogP contribution < -0.4 is 5.32 Å². The minimum absolute atomic E-state index is 0. The predicted octanol–water partition coefficient (Wildman–Crippen LogP) is 4.38. The van der Waals surface area contributed by atoms with Crippen LogP contribution >= 0.6 is 36.6 Å². The van der Waals surface area contributed by atoms with Crippen LogP contribution in [0, 0.1) is 0 Å². The van der Waals surface area contributed by atoms with E-state index in [2.05, 4.69) is 48.3 Å². The van der Waals surface area contributed by atoms with E-state index in [1.54, 1.807) is 0 Å². The van der Waals surface area contributed by atoms with Gasteiger partial charge in [0.15, 0.2) is 5.17 Å². The number of halogens is 2. The van der Waals surface area contributed by atoms with Crippen molar-refractivity contribution in [1.29, 1.82) is 0 Å². The quantitative estimate of drug-likeness (QED) is 0.865. The lowest BCUT2D eigenvalue weighted by molar-refractivity contribution is 0.362. The molecule has 22 heavy (non-hydrogen) atoms. The maximum absolute atomic E-state index is 4.87. The Labute approximate surface area is 150 Å². The Kier molecular flexibility index (Phi) is 7.53. The predicted molar refractivity (Wildman–Crippen MR) is 103 cm³/mol. The summed E-state index contributed by atoms with van der Waals surface area (Å²) in [7, 11) is 0. The summed E-state index contributed by atoms with van der Waals surface area (Å²) in [6.45, 7) is 8.10. The van der Waals surface area contributed by atoms with Crippen molar-refractivity contribution >= 4 is 47.4 Å². The minimum atomic E-state index is -0.127. The highest BCUT2D eigenvalue weighted by Gasteiger charge is 2.27. The van der Waals surface area contributed by atoms with Gasteiger partial charge in [0.2, 0.25) is 0 Å². The van der Waals surface area contributed by atoms with Crippen LogP contribution in [-0.4, -0.2) is 35.5 Å². The van der Waals surface area contributed by atoms with Crippen molar-refractivity contribution in [3.05, 3.63) is 29.8 Å². The monoisotopic (exact) mass is 361 g/mol. The number of nitrogens with one attached hydrogen (secondary N) is 1. The highest BCUT2D eigenvalue weighted by molar-refractivity contribution is 8.14. The van der Waals surface area contributed by atoms with Gasteiger partial charge in [-0.15, -0.1) is 24.8 Å². The molecule has 1 aromatic rings. The van der Waals surface area contributed by atoms with Crippen LogP contribution in [0.4, 0.5) is 5.69 Å². The molecule has 0 bridgehead atoms. The molecule has 0 aliphatic carbocycles. The average Bonchev–Trinajstić information content (AvgIpc) is 2.91. The first-order valence-electron chi connectivity index (χ1n) is 7.47. The number of benzene rings is 1. The SMILES string of the molecule is CC1(C)N=C(SCCN2CCCC2)Nc2ccccc21.Cl.Cl. The summed E-state index contributed by atoms with van der Waals surface area (Å²) < 4.78 is 0. The Bertz CT molecular complexity index is 514. The van der Waals surface area contributed by atoms with E-state index in [4.69, 9.17) is 4.99 Å². The molecule has 6 heteroatoms. The van der Waals surface area contributed by atoms with Crippen LogP contribution in [0.25, 0.3) is 0 Å². The maximum atomic E-state index is 4.87. The van der Waals surface area contributed by atoms with E-state index in [9.17, 15) is 0 Å². The highest BCUT2D eigenvalue weighted by Crippen LogP contribution is 2.36. The second-order valence-corrected chi connectivity index (χ2v) is 7.13. The molecule has 2 aliphatic rings. The van der Waals surface area contributed by atoms with Gasteiger partial charge in [0, 0.05) is 23.5 Å². The van der Waals surface area contributed by atoms with Crippen molar-refractivity contribution in [2.24, 2.45) is 4.99 Å². The summed E-state index contributed by atoms with van der Waals surface area (Å²) in [5, 5.41) is 4.54. The lowest BCUT2D eigenvalue weighted by Gasteiger charge is -2.30. The molecular formula is C16H25Cl2N3S. The van der Waals surface area contributed by atoms with Gasteiger partial charge in [0.05, 0.1) is 5.54 Å². The number of para-hydroxylation sites is 1. The second kappa shape index (κ2) is 8.44. The van der Waals surface area contributed by atoms with Crippen molar-refractivity contribution in [2.75, 3.05) is 30.7 Å². The Balaban J connectivity index is 0.00000121. The van der Waals surface area contributed by atoms with Crippen LogP contribution in [0.3, 0.4) is 0 Å². The summed E-state index contributed by atoms with van der Waals surface area (Å²) in [5.74, 6) is 1.12. The van der Waals surface area contributed by atoms with Crippen molar-refractivity contribution in [2.45, 2.75) is 32.2 Å². The summed E-state index contributed by atoms with van der Waals surface area (Å²) in [5.41, 5.74) is 2.36. The number of thioether (sulfide) groups is 1. The van der Waals surface area contributed by atoms with E-state index >= 15 is 0 Å². The molecular weight excluding hydrogens is 337 g/mol. The maximum Gasteiger partial charge on any atom is 0.161 e. The van der Waals surface area contributed by atoms with Gasteiger partial charge in [-0.2, -0.15) is 0 Å². The molecule has 0 spiro atoms. The van der Waals surface area contributed by atoms with E-state index in [-0.39, 0.29) is 30.4 Å². The summed E-state index contributed by atoms with van der Waals surface area (Å²) in [6, 6.07) is 8.48. The topological polar surface area (TPSA) is 27.6 Å². The molecule has 3 nitrogen and oxygen atoms in total. The smallest absolute Gasteiger partial charge is 0.161 e. The number of rotatable bonds is 3. The number of amidine groups is 1. The third kappa shape index (κ3) is 4.54. The standard InChI is InChI=1S/C16H23N3S.2ClH/c1-16(2)13-7-3-4-8-14(13)17-15(18-16)20-12-11-19-9-5-6-10-19;;/h3-4,7-8H,5-6,9-12H2,1-2H3,(H,17,18);2*1H. The number of hydrogen-bond acceptors (Lipinski definition) is 4. The zero-order valence-electron chi connectivity index (χ0n) is 13.2. The average molecular weight is 362 g/mol. The van der Waals surface area contributed by atoms with Crippen LogP contribution in [-0.2, 0) is 5.54 Å². The molecule has 124 valence electrons. The first-order valence-corrected chi connectivity index (χ1v) is 8.45. The number of anilines is 1. The Morgan fingerprint density at radius 2 is 1.86 bits per heavy atom. The minimum Gasteiger partial charge on any atom is -0.335 e. The lowest BCUT2D eigenvalue weighted by Crippen LogP contribution is -2.28. The summed E-state index contributed by atoms with van der Waals surface area (Å²) >= 11 is 1.85. The molecule has 1 aromatic carbocycles. The van der Waals surface area contributed by atoms with E-state index < -0.39 is 0 Å². The third-order valence-corrected chi connectivity index (χ3v) is 4.91. The van der Waals surface area contributed by atoms with Crippen molar-refractivity contribution in [3.63, 3.8) is 0 Å². The molecule has 0 radical (unpaired) electrons. The van der Waals surface area contributed by atoms with Crippen molar-refractivity contribution in [1.82, 2.24) is 4.90 Å². The molecule has 0 saturated carbocycles. The fourth-order valence-corrected chi connectivity index (χ4v) is 3.95. The van der Waals surface area contributed by atoms with E-state index in [1.165, 1.54) is 43.7 Å². The molecule has 0 amide bonds. The van der Waals surface area contributed by atoms with Gasteiger partial charge in [-0.1, -0.05) is 30.0 Å².